The van der Waals surface area contributed by atoms with Crippen molar-refractivity contribution < 1.29 is 28.7 Å². The second kappa shape index (κ2) is 26.2. The fourth-order valence-electron chi connectivity index (χ4n) is 5.66. The minimum absolute atomic E-state index is 0. The number of carbonyl (C=O) groups is 2. The molecule has 15 nitrogen and oxygen atoms in total. The summed E-state index contributed by atoms with van der Waals surface area (Å²) in [6.45, 7) is 12.2. The van der Waals surface area contributed by atoms with Gasteiger partial charge in [0.15, 0.2) is 17.8 Å². The Hall–Kier alpha value is -6.53. The molecule has 2 aromatic heterocycles. The van der Waals surface area contributed by atoms with Gasteiger partial charge >= 0.3 is 0 Å². The van der Waals surface area contributed by atoms with Crippen molar-refractivity contribution in [2.45, 2.75) is 79.7 Å². The van der Waals surface area contributed by atoms with E-state index in [-0.39, 0.29) is 38.4 Å². The van der Waals surface area contributed by atoms with E-state index >= 15 is 4.39 Å². The van der Waals surface area contributed by atoms with E-state index in [2.05, 4.69) is 31.4 Å². The molecule has 6 rings (SSSR count). The number of nitrogens with zero attached hydrogens (tertiary/aromatic N) is 4. The maximum Gasteiger partial charge on any atom is 0.284 e. The molecule has 5 aromatic rings. The summed E-state index contributed by atoms with van der Waals surface area (Å²) in [5, 5.41) is 17.5. The molecule has 0 bridgehead atoms. The zero-order valence-corrected chi connectivity index (χ0v) is 36.6. The second-order valence-corrected chi connectivity index (χ2v) is 15.0. The summed E-state index contributed by atoms with van der Waals surface area (Å²) < 4.78 is 24.2. The second-order valence-electron chi connectivity index (χ2n) is 14.2. The van der Waals surface area contributed by atoms with Crippen LogP contribution in [0.5, 0.6) is 11.5 Å². The molecule has 3 aromatic carbocycles. The molecule has 64 heavy (non-hydrogen) atoms. The van der Waals surface area contributed by atoms with Gasteiger partial charge in [-0.1, -0.05) is 57.3 Å². The van der Waals surface area contributed by atoms with E-state index < -0.39 is 29.1 Å². The van der Waals surface area contributed by atoms with Gasteiger partial charge in [0.1, 0.15) is 17.1 Å². The molecular formula is C47H62FN9O6S. The Morgan fingerprint density at radius 3 is 2.28 bits per heavy atom. The van der Waals surface area contributed by atoms with E-state index in [4.69, 9.17) is 15.3 Å². The number of thioether (sulfide) groups is 1. The summed E-state index contributed by atoms with van der Waals surface area (Å²) in [4.78, 5) is 51.2. The number of ether oxygens (including phenoxy) is 1. The maximum absolute atomic E-state index is 15.2. The van der Waals surface area contributed by atoms with Crippen molar-refractivity contribution in [3.63, 3.8) is 0 Å². The van der Waals surface area contributed by atoms with Crippen LogP contribution in [0.25, 0.3) is 11.8 Å². The number of nitrogens with two attached hydrogens (primary N) is 1. The third-order valence-electron chi connectivity index (χ3n) is 8.77. The van der Waals surface area contributed by atoms with Gasteiger partial charge in [0.25, 0.3) is 11.5 Å². The lowest BCUT2D eigenvalue weighted by molar-refractivity contribution is -0.105. The van der Waals surface area contributed by atoms with Crippen molar-refractivity contribution in [1.82, 2.24) is 25.1 Å². The standard InChI is InChI=1S/C30H30FN7O4S.C8H17NO.C7H7NO.2CH4/c1-18-27(30(40)38(37(18)16-14-32)21-7-5-4-6-8-21)29(39)35-20-9-11-24(22(31)17-20)41-25-13-15-33-23(28(25)43-3)10-12-26-34-19(2)36-42-26;1-5-7(2)9-6-8(3,4)10;9-6-8-7-4-2-1-3-5-7;;/h4-13,15,17,26H,14,16,32H2,1-3H3,(H,34,36)(H,35,39);5,9-10H,6H2,1-4H3;1-6H,(H,8,9);2*1H4/b12-10+;7-5-;;;. The number of hydrogen-bond donors (Lipinski definition) is 6. The molecule has 0 saturated carbocycles. The van der Waals surface area contributed by atoms with Gasteiger partial charge < -0.3 is 31.5 Å². The van der Waals surface area contributed by atoms with Crippen LogP contribution >= 0.6 is 11.8 Å². The number of allylic oxidation sites excluding steroid dienone is 2. The van der Waals surface area contributed by atoms with Gasteiger partial charge in [-0.2, -0.15) is 0 Å². The van der Waals surface area contributed by atoms with Crippen LogP contribution < -0.4 is 37.5 Å². The predicted octanol–water partition coefficient (Wildman–Crippen LogP) is 8.30. The largest absolute Gasteiger partial charge is 0.453 e. The Balaban J connectivity index is 0.000000556. The Morgan fingerprint density at radius 1 is 1.05 bits per heavy atom. The number of aliphatic imine (C=N–C) groups is 1. The SMILES string of the molecule is C.C.C/C=C(/C)NCC(C)(C)O.CSc1c(Oc2ccc(NC(=O)c3c(C)n(CCN)n(-c4ccccc4)c3=O)cc2F)ccnc1/C=C/C1N=C(C)NO1.O=CNc1ccccc1. The molecule has 344 valence electrons. The number of para-hydroxylation sites is 2. The Morgan fingerprint density at radius 2 is 1.72 bits per heavy atom. The zero-order chi connectivity index (χ0) is 45.2. The van der Waals surface area contributed by atoms with E-state index in [0.29, 0.717) is 53.1 Å². The highest BCUT2D eigenvalue weighted by atomic mass is 32.2. The molecule has 0 radical (unpaired) electrons. The topological polar surface area (TPSA) is 199 Å². The molecule has 0 spiro atoms. The number of carbonyl (C=O) groups excluding carboxylic acids is 2. The molecule has 1 unspecified atom stereocenters. The fourth-order valence-corrected chi connectivity index (χ4v) is 6.30. The summed E-state index contributed by atoms with van der Waals surface area (Å²) in [6, 6.07) is 24.0. The first kappa shape index (κ1) is 53.6. The highest BCUT2D eigenvalue weighted by Gasteiger charge is 2.24. The van der Waals surface area contributed by atoms with Crippen LogP contribution in [-0.2, 0) is 16.2 Å². The maximum atomic E-state index is 15.2. The first-order valence-corrected chi connectivity index (χ1v) is 20.8. The van der Waals surface area contributed by atoms with Crippen LogP contribution in [0.4, 0.5) is 15.8 Å². The quantitative estimate of drug-likeness (QED) is 0.0437. The first-order chi connectivity index (χ1) is 29.7. The number of hydroxylamine groups is 1. The molecule has 7 N–H and O–H groups in total. The number of amides is 2. The lowest BCUT2D eigenvalue weighted by atomic mass is 10.1. The number of nitrogens with one attached hydrogen (secondary N) is 4. The predicted molar refractivity (Wildman–Crippen MR) is 258 cm³/mol. The van der Waals surface area contributed by atoms with Gasteiger partial charge in [-0.15, -0.1) is 11.8 Å². The average Bonchev–Trinajstić information content (AvgIpc) is 3.79. The highest BCUT2D eigenvalue weighted by molar-refractivity contribution is 7.98. The normalized spacial score (nSPS) is 13.1. The highest BCUT2D eigenvalue weighted by Crippen LogP contribution is 2.35. The number of benzene rings is 3. The molecule has 0 saturated heterocycles. The van der Waals surface area contributed by atoms with Crippen molar-refractivity contribution >= 4 is 47.4 Å². The Kier molecular flexibility index (Phi) is 21.9. The number of halogens is 1. The monoisotopic (exact) mass is 899 g/mol. The Labute approximate surface area is 379 Å². The van der Waals surface area contributed by atoms with Crippen LogP contribution in [0.15, 0.2) is 124 Å². The van der Waals surface area contributed by atoms with Crippen molar-refractivity contribution in [2.75, 3.05) is 30.0 Å². The van der Waals surface area contributed by atoms with E-state index in [1.807, 2.05) is 62.6 Å². The van der Waals surface area contributed by atoms with Crippen LogP contribution in [0.1, 0.15) is 71.2 Å². The van der Waals surface area contributed by atoms with Crippen LogP contribution in [0.2, 0.25) is 0 Å². The summed E-state index contributed by atoms with van der Waals surface area (Å²) in [6.07, 6.45) is 9.09. The van der Waals surface area contributed by atoms with Gasteiger partial charge in [-0.3, -0.25) is 29.5 Å². The molecule has 17 heteroatoms. The number of rotatable bonds is 15. The fraction of sp³-hybridized carbons (Fsp3) is 0.298. The molecule has 3 heterocycles. The van der Waals surface area contributed by atoms with Crippen molar-refractivity contribution in [1.29, 1.82) is 0 Å². The number of pyridine rings is 1. The molecule has 1 aliphatic heterocycles. The third kappa shape index (κ3) is 15.7. The van der Waals surface area contributed by atoms with E-state index in [1.54, 1.807) is 81.1 Å². The number of aromatic nitrogens is 3. The van der Waals surface area contributed by atoms with Gasteiger partial charge in [-0.25, -0.2) is 18.9 Å². The molecule has 0 aliphatic carbocycles. The van der Waals surface area contributed by atoms with Crippen molar-refractivity contribution in [3.05, 3.63) is 142 Å². The van der Waals surface area contributed by atoms with Crippen molar-refractivity contribution in [3.8, 4) is 17.2 Å². The lowest BCUT2D eigenvalue weighted by Crippen LogP contribution is -2.33. The van der Waals surface area contributed by atoms with E-state index in [0.717, 1.165) is 17.5 Å². The van der Waals surface area contributed by atoms with E-state index in [9.17, 15) is 19.5 Å². The number of amidine groups is 1. The van der Waals surface area contributed by atoms with Gasteiger partial charge in [0, 0.05) is 48.5 Å². The van der Waals surface area contributed by atoms with Gasteiger partial charge in [-0.05, 0) is 96.3 Å². The first-order valence-electron chi connectivity index (χ1n) is 19.6. The Bertz CT molecular complexity index is 2410. The van der Waals surface area contributed by atoms with Crippen LogP contribution in [-0.4, -0.2) is 68.8 Å². The molecule has 1 aliphatic rings. The number of aliphatic hydroxyl groups is 1. The summed E-state index contributed by atoms with van der Waals surface area (Å²) in [5.41, 5.74) is 11.0. The van der Waals surface area contributed by atoms with Crippen molar-refractivity contribution in [2.24, 2.45) is 10.7 Å². The van der Waals surface area contributed by atoms with Gasteiger partial charge in [0.05, 0.1) is 34.1 Å². The van der Waals surface area contributed by atoms with Gasteiger partial charge in [0.2, 0.25) is 6.41 Å². The smallest absolute Gasteiger partial charge is 0.284 e. The number of anilines is 2. The molecule has 0 fully saturated rings. The summed E-state index contributed by atoms with van der Waals surface area (Å²) >= 11 is 1.40. The average molecular weight is 900 g/mol. The lowest BCUT2D eigenvalue weighted by Gasteiger charge is -2.18. The summed E-state index contributed by atoms with van der Waals surface area (Å²) in [5.74, 6) is -0.333. The van der Waals surface area contributed by atoms with Crippen LogP contribution in [0, 0.1) is 12.7 Å². The summed E-state index contributed by atoms with van der Waals surface area (Å²) in [7, 11) is 0. The minimum atomic E-state index is -0.701. The number of hydrogen-bond acceptors (Lipinski definition) is 12. The molecule has 2 amide bonds. The zero-order valence-electron chi connectivity index (χ0n) is 35.8. The molecule has 1 atom stereocenters. The minimum Gasteiger partial charge on any atom is -0.453 e. The van der Waals surface area contributed by atoms with E-state index in [1.165, 1.54) is 28.6 Å². The molecular weight excluding hydrogens is 838 g/mol. The van der Waals surface area contributed by atoms with Crippen LogP contribution in [0.3, 0.4) is 0 Å². The third-order valence-corrected chi connectivity index (χ3v) is 9.59.